The number of aromatic hydroxyl groups is 2. The molecule has 1 saturated heterocycles. The molecule has 4 aromatic rings. The van der Waals surface area contributed by atoms with Crippen LogP contribution in [-0.4, -0.2) is 85.4 Å². The Kier molecular flexibility index (Phi) is 11.0. The zero-order chi connectivity index (χ0) is 36.9. The molecule has 0 bridgehead atoms. The van der Waals surface area contributed by atoms with Crippen molar-refractivity contribution in [3.63, 3.8) is 0 Å². The maximum atomic E-state index is 14.0. The van der Waals surface area contributed by atoms with Crippen LogP contribution >= 0.6 is 12.4 Å². The van der Waals surface area contributed by atoms with Gasteiger partial charge in [0.25, 0.3) is 0 Å². The number of carbonyl (C=O) groups is 2. The Morgan fingerprint density at radius 1 is 0.887 bits per heavy atom. The summed E-state index contributed by atoms with van der Waals surface area (Å²) in [4.78, 5) is 30.0. The molecule has 7 rings (SSSR count). The SMILES string of the molecule is COc1cccc2c1C(=O)c1c(O)c3c(c(O)c1C2=O)C[C@@](O)(C(C)O)C[C@@H]3O[C@H]1C[C@H](N(Cc2ccccc2)Cc2ccccc2)[C@H](O)[C@H](C)O1.Cl. The van der Waals surface area contributed by atoms with Gasteiger partial charge in [0.2, 0.25) is 5.78 Å². The highest BCUT2D eigenvalue weighted by Gasteiger charge is 2.50. The van der Waals surface area contributed by atoms with E-state index < -0.39 is 76.5 Å². The summed E-state index contributed by atoms with van der Waals surface area (Å²) >= 11 is 0. The van der Waals surface area contributed by atoms with E-state index >= 15 is 0 Å². The van der Waals surface area contributed by atoms with Gasteiger partial charge in [0.15, 0.2) is 12.1 Å². The summed E-state index contributed by atoms with van der Waals surface area (Å²) in [6, 6.07) is 23.9. The molecule has 2 aliphatic carbocycles. The van der Waals surface area contributed by atoms with Crippen LogP contribution in [0.3, 0.4) is 0 Å². The number of carbonyl (C=O) groups excluding carboxylic acids is 2. The lowest BCUT2D eigenvalue weighted by Gasteiger charge is -2.46. The molecule has 0 saturated carbocycles. The minimum Gasteiger partial charge on any atom is -0.507 e. The topological polar surface area (TPSA) is 166 Å². The quantitative estimate of drug-likeness (QED) is 0.129. The molecule has 5 N–H and O–H groups in total. The molecule has 0 radical (unpaired) electrons. The second-order valence-corrected chi connectivity index (χ2v) is 14.1. The zero-order valence-electron chi connectivity index (χ0n) is 29.6. The molecule has 3 aliphatic rings. The molecule has 12 heteroatoms. The van der Waals surface area contributed by atoms with Crippen LogP contribution < -0.4 is 4.74 Å². The van der Waals surface area contributed by atoms with Crippen LogP contribution in [0, 0.1) is 0 Å². The van der Waals surface area contributed by atoms with Crippen LogP contribution in [0.25, 0.3) is 0 Å². The van der Waals surface area contributed by atoms with Gasteiger partial charge in [0.05, 0.1) is 53.8 Å². The van der Waals surface area contributed by atoms with E-state index in [-0.39, 0.29) is 59.7 Å². The zero-order valence-corrected chi connectivity index (χ0v) is 30.5. The van der Waals surface area contributed by atoms with E-state index in [1.165, 1.54) is 26.2 Å². The van der Waals surface area contributed by atoms with Crippen molar-refractivity contribution in [2.45, 2.75) is 88.5 Å². The first-order chi connectivity index (χ1) is 24.9. The number of methoxy groups -OCH3 is 1. The van der Waals surface area contributed by atoms with Gasteiger partial charge in [-0.15, -0.1) is 12.4 Å². The van der Waals surface area contributed by atoms with E-state index in [0.29, 0.717) is 13.1 Å². The predicted octanol–water partition coefficient (Wildman–Crippen LogP) is 4.99. The van der Waals surface area contributed by atoms with Crippen molar-refractivity contribution in [2.75, 3.05) is 7.11 Å². The number of hydrogen-bond donors (Lipinski definition) is 5. The normalized spacial score (nSPS) is 25.5. The fourth-order valence-electron chi connectivity index (χ4n) is 7.97. The summed E-state index contributed by atoms with van der Waals surface area (Å²) in [6.45, 7) is 4.19. The molecule has 280 valence electrons. The van der Waals surface area contributed by atoms with Crippen molar-refractivity contribution in [2.24, 2.45) is 0 Å². The van der Waals surface area contributed by atoms with Gasteiger partial charge in [-0.1, -0.05) is 72.8 Å². The lowest BCUT2D eigenvalue weighted by molar-refractivity contribution is -0.262. The number of ketones is 2. The van der Waals surface area contributed by atoms with Crippen LogP contribution in [0.1, 0.15) is 86.9 Å². The van der Waals surface area contributed by atoms with E-state index in [4.69, 9.17) is 14.2 Å². The molecule has 1 aliphatic heterocycles. The number of benzene rings is 4. The smallest absolute Gasteiger partial charge is 0.202 e. The summed E-state index contributed by atoms with van der Waals surface area (Å²) < 4.78 is 18.2. The van der Waals surface area contributed by atoms with Crippen molar-refractivity contribution >= 4 is 24.0 Å². The Labute approximate surface area is 313 Å². The van der Waals surface area contributed by atoms with E-state index in [0.717, 1.165) is 11.1 Å². The van der Waals surface area contributed by atoms with Gasteiger partial charge in [-0.2, -0.15) is 0 Å². The van der Waals surface area contributed by atoms with Gasteiger partial charge >= 0.3 is 0 Å². The highest BCUT2D eigenvalue weighted by Crippen LogP contribution is 2.53. The van der Waals surface area contributed by atoms with Crippen molar-refractivity contribution in [3.05, 3.63) is 123 Å². The van der Waals surface area contributed by atoms with Gasteiger partial charge in [-0.3, -0.25) is 14.5 Å². The van der Waals surface area contributed by atoms with Gasteiger partial charge in [-0.05, 0) is 31.0 Å². The van der Waals surface area contributed by atoms with Gasteiger partial charge in [-0.25, -0.2) is 0 Å². The summed E-state index contributed by atoms with van der Waals surface area (Å²) in [5, 5.41) is 57.7. The standard InChI is InChI=1S/C41H43NO10.ClH/c1-22-36(44)28(42(20-24-11-6-4-7-12-24)21-25-13-8-5-9-14-25)17-31(51-22)52-30-19-41(49,23(2)43)18-27-33(30)40(48)35-34(38(27)46)37(45)26-15-10-16-29(50-3)32(26)39(35)47;/h4-16,22-23,28,30-31,36,43-44,46,48-49H,17-21H2,1-3H3;1H/t22-,23?,28-,30-,31-,36+,41-;/m0./s1. The largest absolute Gasteiger partial charge is 0.507 e. The van der Waals surface area contributed by atoms with Gasteiger partial charge in [0, 0.05) is 55.1 Å². The van der Waals surface area contributed by atoms with Crippen molar-refractivity contribution in [3.8, 4) is 17.2 Å². The lowest BCUT2D eigenvalue weighted by Crippen LogP contribution is -2.55. The number of aliphatic hydroxyl groups excluding tert-OH is 2. The third kappa shape index (κ3) is 6.94. The first-order valence-corrected chi connectivity index (χ1v) is 17.5. The molecular formula is C41H44ClNO10. The number of hydrogen-bond acceptors (Lipinski definition) is 11. The molecular weight excluding hydrogens is 702 g/mol. The second-order valence-electron chi connectivity index (χ2n) is 14.1. The molecule has 1 unspecified atom stereocenters. The first-order valence-electron chi connectivity index (χ1n) is 17.5. The monoisotopic (exact) mass is 745 g/mol. The van der Waals surface area contributed by atoms with Crippen LogP contribution in [-0.2, 0) is 29.0 Å². The third-order valence-corrected chi connectivity index (χ3v) is 10.8. The second kappa shape index (κ2) is 15.2. The van der Waals surface area contributed by atoms with Crippen LogP contribution in [0.15, 0.2) is 78.9 Å². The Morgan fingerprint density at radius 3 is 2.08 bits per heavy atom. The first kappa shape index (κ1) is 38.4. The summed E-state index contributed by atoms with van der Waals surface area (Å²) in [7, 11) is 1.37. The third-order valence-electron chi connectivity index (χ3n) is 10.8. The van der Waals surface area contributed by atoms with Crippen LogP contribution in [0.2, 0.25) is 0 Å². The molecule has 53 heavy (non-hydrogen) atoms. The number of fused-ring (bicyclic) bond motifs is 3. The molecule has 0 aromatic heterocycles. The maximum absolute atomic E-state index is 14.0. The van der Waals surface area contributed by atoms with Crippen molar-refractivity contribution in [1.82, 2.24) is 4.90 Å². The number of phenolic OH excluding ortho intramolecular Hbond substituents is 2. The number of halogens is 1. The molecule has 7 atom stereocenters. The number of rotatable bonds is 9. The lowest BCUT2D eigenvalue weighted by atomic mass is 9.71. The summed E-state index contributed by atoms with van der Waals surface area (Å²) in [5.41, 5.74) is -0.555. The molecule has 0 amide bonds. The molecule has 1 fully saturated rings. The molecule has 11 nitrogen and oxygen atoms in total. The van der Waals surface area contributed by atoms with Crippen LogP contribution in [0.5, 0.6) is 17.2 Å². The minimum absolute atomic E-state index is 0. The molecule has 0 spiro atoms. The van der Waals surface area contributed by atoms with E-state index in [9.17, 15) is 35.1 Å². The fourth-order valence-corrected chi connectivity index (χ4v) is 7.97. The summed E-state index contributed by atoms with van der Waals surface area (Å²) in [6.07, 6.45) is -5.46. The van der Waals surface area contributed by atoms with E-state index in [2.05, 4.69) is 4.90 Å². The minimum atomic E-state index is -1.84. The number of phenols is 2. The Hall–Kier alpha value is -4.33. The fraction of sp³-hybridized carbons (Fsp3) is 0.366. The predicted molar refractivity (Wildman–Crippen MR) is 197 cm³/mol. The number of ether oxygens (including phenoxy) is 3. The Balaban J connectivity index is 0.00000481. The van der Waals surface area contributed by atoms with Crippen molar-refractivity contribution in [1.29, 1.82) is 0 Å². The Bertz CT molecular complexity index is 1950. The highest BCUT2D eigenvalue weighted by atomic mass is 35.5. The molecule has 4 aromatic carbocycles. The summed E-state index contributed by atoms with van der Waals surface area (Å²) in [5.74, 6) is -2.41. The highest BCUT2D eigenvalue weighted by molar-refractivity contribution is 6.31. The van der Waals surface area contributed by atoms with E-state index in [1.807, 2.05) is 60.7 Å². The average Bonchev–Trinajstić information content (AvgIpc) is 3.13. The number of aliphatic hydroxyl groups is 3. The van der Waals surface area contributed by atoms with Gasteiger partial charge < -0.3 is 39.7 Å². The Morgan fingerprint density at radius 2 is 1.49 bits per heavy atom. The average molecular weight is 746 g/mol. The number of nitrogens with zero attached hydrogens (tertiary/aromatic N) is 1. The maximum Gasteiger partial charge on any atom is 0.202 e. The van der Waals surface area contributed by atoms with Crippen molar-refractivity contribution < 1.29 is 49.3 Å². The molecule has 1 heterocycles. The van der Waals surface area contributed by atoms with Gasteiger partial charge in [0.1, 0.15) is 17.2 Å². The van der Waals surface area contributed by atoms with E-state index in [1.54, 1.807) is 13.0 Å². The van der Waals surface area contributed by atoms with Crippen LogP contribution in [0.4, 0.5) is 0 Å².